The van der Waals surface area contributed by atoms with Crippen LogP contribution >= 0.6 is 0 Å². The number of hydrogen-bond acceptors (Lipinski definition) is 3. The van der Waals surface area contributed by atoms with Crippen LogP contribution in [0.5, 0.6) is 0 Å². The van der Waals surface area contributed by atoms with Gasteiger partial charge in [0.05, 0.1) is 12.2 Å². The van der Waals surface area contributed by atoms with Gasteiger partial charge in [0, 0.05) is 26.1 Å². The summed E-state index contributed by atoms with van der Waals surface area (Å²) in [7, 11) is 0. The molecule has 3 aliphatic rings. The van der Waals surface area contributed by atoms with Gasteiger partial charge in [-0.15, -0.1) is 0 Å². The van der Waals surface area contributed by atoms with Gasteiger partial charge in [0.25, 0.3) is 0 Å². The van der Waals surface area contributed by atoms with Crippen molar-refractivity contribution in [3.05, 3.63) is 11.6 Å². The van der Waals surface area contributed by atoms with Crippen molar-refractivity contribution in [1.29, 1.82) is 0 Å². The molecule has 2 fully saturated rings. The molecule has 2 unspecified atom stereocenters. The predicted octanol–water partition coefficient (Wildman–Crippen LogP) is 1.86. The SMILES string of the molecule is O=C1C=C(C2CCOC3(CCOC3)C2)CC1. The maximum Gasteiger partial charge on any atom is 0.155 e. The number of ketones is 1. The zero-order valence-corrected chi connectivity index (χ0v) is 9.54. The molecule has 3 heteroatoms. The Bertz CT molecular complexity index is 326. The smallest absolute Gasteiger partial charge is 0.155 e. The van der Waals surface area contributed by atoms with Crippen molar-refractivity contribution in [2.45, 2.75) is 37.7 Å². The molecule has 0 amide bonds. The van der Waals surface area contributed by atoms with Gasteiger partial charge in [-0.1, -0.05) is 5.57 Å². The molecule has 2 saturated heterocycles. The van der Waals surface area contributed by atoms with Crippen molar-refractivity contribution in [1.82, 2.24) is 0 Å². The summed E-state index contributed by atoms with van der Waals surface area (Å²) in [6.07, 6.45) is 6.70. The monoisotopic (exact) mass is 222 g/mol. The lowest BCUT2D eigenvalue weighted by atomic mass is 9.81. The minimum absolute atomic E-state index is 0.0323. The van der Waals surface area contributed by atoms with Crippen LogP contribution in [-0.4, -0.2) is 31.2 Å². The molecule has 0 radical (unpaired) electrons. The summed E-state index contributed by atoms with van der Waals surface area (Å²) in [6.45, 7) is 2.38. The number of hydrogen-bond donors (Lipinski definition) is 0. The summed E-state index contributed by atoms with van der Waals surface area (Å²) in [5, 5.41) is 0. The van der Waals surface area contributed by atoms with Crippen molar-refractivity contribution in [2.24, 2.45) is 5.92 Å². The van der Waals surface area contributed by atoms with E-state index in [-0.39, 0.29) is 5.60 Å². The standard InChI is InChI=1S/C13H18O3/c14-12-2-1-10(7-12)11-3-5-16-13(8-11)4-6-15-9-13/h7,11H,1-6,8-9H2. The van der Waals surface area contributed by atoms with Gasteiger partial charge in [0.2, 0.25) is 0 Å². The van der Waals surface area contributed by atoms with Crippen LogP contribution in [0.25, 0.3) is 0 Å². The third-order valence-electron chi connectivity index (χ3n) is 4.09. The fourth-order valence-electron chi connectivity index (χ4n) is 3.15. The average Bonchev–Trinajstić information content (AvgIpc) is 2.89. The Kier molecular flexibility index (Phi) is 2.60. The van der Waals surface area contributed by atoms with Gasteiger partial charge in [-0.3, -0.25) is 4.79 Å². The molecular formula is C13H18O3. The predicted molar refractivity (Wildman–Crippen MR) is 59.2 cm³/mol. The minimum Gasteiger partial charge on any atom is -0.378 e. The molecule has 1 spiro atoms. The van der Waals surface area contributed by atoms with Crippen LogP contribution in [0.15, 0.2) is 11.6 Å². The Balaban J connectivity index is 1.72. The fraction of sp³-hybridized carbons (Fsp3) is 0.769. The van der Waals surface area contributed by atoms with Crippen LogP contribution in [0, 0.1) is 5.92 Å². The summed E-state index contributed by atoms with van der Waals surface area (Å²) in [4.78, 5) is 11.3. The Morgan fingerprint density at radius 3 is 2.94 bits per heavy atom. The molecule has 16 heavy (non-hydrogen) atoms. The fourth-order valence-corrected chi connectivity index (χ4v) is 3.15. The normalized spacial score (nSPS) is 39.4. The number of rotatable bonds is 1. The minimum atomic E-state index is -0.0323. The van der Waals surface area contributed by atoms with Gasteiger partial charge in [-0.05, 0) is 31.3 Å². The molecule has 0 aromatic heterocycles. The van der Waals surface area contributed by atoms with Crippen LogP contribution in [0.2, 0.25) is 0 Å². The van der Waals surface area contributed by atoms with E-state index in [9.17, 15) is 4.79 Å². The highest BCUT2D eigenvalue weighted by Crippen LogP contribution is 2.40. The van der Waals surface area contributed by atoms with Gasteiger partial charge < -0.3 is 9.47 Å². The lowest BCUT2D eigenvalue weighted by Gasteiger charge is -2.37. The van der Waals surface area contributed by atoms with E-state index in [1.165, 1.54) is 5.57 Å². The van der Waals surface area contributed by atoms with E-state index in [4.69, 9.17) is 9.47 Å². The van der Waals surface area contributed by atoms with Crippen LogP contribution < -0.4 is 0 Å². The number of carbonyl (C=O) groups excluding carboxylic acids is 1. The van der Waals surface area contributed by atoms with Crippen LogP contribution in [-0.2, 0) is 14.3 Å². The maximum atomic E-state index is 11.3. The van der Waals surface area contributed by atoms with E-state index in [0.717, 1.165) is 51.9 Å². The lowest BCUT2D eigenvalue weighted by molar-refractivity contribution is -0.114. The van der Waals surface area contributed by atoms with Crippen molar-refractivity contribution in [2.75, 3.05) is 19.8 Å². The molecule has 0 bridgehead atoms. The first-order chi connectivity index (χ1) is 7.77. The third kappa shape index (κ3) is 1.82. The first-order valence-electron chi connectivity index (χ1n) is 6.22. The summed E-state index contributed by atoms with van der Waals surface area (Å²) in [6, 6.07) is 0. The Morgan fingerprint density at radius 2 is 2.25 bits per heavy atom. The van der Waals surface area contributed by atoms with E-state index in [2.05, 4.69) is 0 Å². The molecule has 3 nitrogen and oxygen atoms in total. The van der Waals surface area contributed by atoms with Gasteiger partial charge in [-0.2, -0.15) is 0 Å². The van der Waals surface area contributed by atoms with Gasteiger partial charge in [-0.25, -0.2) is 0 Å². The van der Waals surface area contributed by atoms with E-state index >= 15 is 0 Å². The summed E-state index contributed by atoms with van der Waals surface area (Å²) < 4.78 is 11.4. The Labute approximate surface area is 95.8 Å². The molecule has 1 aliphatic carbocycles. The summed E-state index contributed by atoms with van der Waals surface area (Å²) >= 11 is 0. The maximum absolute atomic E-state index is 11.3. The number of ether oxygens (including phenoxy) is 2. The number of carbonyl (C=O) groups is 1. The molecule has 0 aromatic rings. The van der Waals surface area contributed by atoms with E-state index in [1.807, 2.05) is 6.08 Å². The lowest BCUT2D eigenvalue weighted by Crippen LogP contribution is -2.40. The molecule has 2 heterocycles. The van der Waals surface area contributed by atoms with Gasteiger partial charge in [0.15, 0.2) is 5.78 Å². The highest BCUT2D eigenvalue weighted by Gasteiger charge is 2.42. The molecule has 0 aromatic carbocycles. The largest absolute Gasteiger partial charge is 0.378 e. The second-order valence-corrected chi connectivity index (χ2v) is 5.21. The van der Waals surface area contributed by atoms with E-state index in [1.54, 1.807) is 0 Å². The van der Waals surface area contributed by atoms with Gasteiger partial charge in [0.1, 0.15) is 0 Å². The van der Waals surface area contributed by atoms with Gasteiger partial charge >= 0.3 is 0 Å². The zero-order valence-electron chi connectivity index (χ0n) is 9.54. The molecule has 0 saturated carbocycles. The van der Waals surface area contributed by atoms with Crippen molar-refractivity contribution in [3.63, 3.8) is 0 Å². The van der Waals surface area contributed by atoms with E-state index < -0.39 is 0 Å². The first-order valence-corrected chi connectivity index (χ1v) is 6.22. The molecule has 2 aliphatic heterocycles. The van der Waals surface area contributed by atoms with Crippen LogP contribution in [0.4, 0.5) is 0 Å². The van der Waals surface area contributed by atoms with E-state index in [0.29, 0.717) is 11.7 Å². The molecular weight excluding hydrogens is 204 g/mol. The second-order valence-electron chi connectivity index (χ2n) is 5.21. The van der Waals surface area contributed by atoms with Crippen LogP contribution in [0.1, 0.15) is 32.1 Å². The average molecular weight is 222 g/mol. The number of allylic oxidation sites excluding steroid dienone is 2. The highest BCUT2D eigenvalue weighted by molar-refractivity contribution is 5.93. The molecule has 2 atom stereocenters. The molecule has 88 valence electrons. The van der Waals surface area contributed by atoms with Crippen molar-refractivity contribution < 1.29 is 14.3 Å². The third-order valence-corrected chi connectivity index (χ3v) is 4.09. The Morgan fingerprint density at radius 1 is 1.31 bits per heavy atom. The van der Waals surface area contributed by atoms with Crippen molar-refractivity contribution >= 4 is 5.78 Å². The zero-order chi connectivity index (χ0) is 11.0. The van der Waals surface area contributed by atoms with Crippen LogP contribution in [0.3, 0.4) is 0 Å². The second kappa shape index (κ2) is 3.97. The summed E-state index contributed by atoms with van der Waals surface area (Å²) in [5.74, 6) is 0.861. The molecule has 3 rings (SSSR count). The van der Waals surface area contributed by atoms with Crippen molar-refractivity contribution in [3.8, 4) is 0 Å². The first kappa shape index (κ1) is 10.5. The summed E-state index contributed by atoms with van der Waals surface area (Å²) in [5.41, 5.74) is 1.33. The highest BCUT2D eigenvalue weighted by atomic mass is 16.6. The quantitative estimate of drug-likeness (QED) is 0.679. The topological polar surface area (TPSA) is 35.5 Å². The Hall–Kier alpha value is -0.670. The molecule has 0 N–H and O–H groups in total.